The molecule has 34 heavy (non-hydrogen) atoms. The monoisotopic (exact) mass is 471 g/mol. The Labute approximate surface area is 201 Å². The first-order valence-electron chi connectivity index (χ1n) is 11.6. The highest BCUT2D eigenvalue weighted by Gasteiger charge is 2.21. The van der Waals surface area contributed by atoms with E-state index < -0.39 is 10.0 Å². The van der Waals surface area contributed by atoms with Gasteiger partial charge in [0.15, 0.2) is 5.78 Å². The summed E-state index contributed by atoms with van der Waals surface area (Å²) >= 11 is 0. The van der Waals surface area contributed by atoms with Crippen LogP contribution in [0.25, 0.3) is 17.0 Å². The van der Waals surface area contributed by atoms with Gasteiger partial charge in [-0.3, -0.25) is 4.79 Å². The van der Waals surface area contributed by atoms with Gasteiger partial charge in [0.25, 0.3) is 10.0 Å². The molecule has 1 aromatic heterocycles. The maximum absolute atomic E-state index is 13.5. The van der Waals surface area contributed by atoms with Crippen molar-refractivity contribution in [3.8, 4) is 0 Å². The summed E-state index contributed by atoms with van der Waals surface area (Å²) in [6.07, 6.45) is 8.14. The van der Waals surface area contributed by atoms with E-state index in [2.05, 4.69) is 13.8 Å². The van der Waals surface area contributed by atoms with E-state index in [9.17, 15) is 13.2 Å². The number of hydrogen-bond donors (Lipinski definition) is 0. The van der Waals surface area contributed by atoms with Crippen molar-refractivity contribution in [2.75, 3.05) is 0 Å². The number of hydrogen-bond acceptors (Lipinski definition) is 3. The number of allylic oxidation sites excluding steroid dienone is 1. The zero-order valence-electron chi connectivity index (χ0n) is 19.5. The van der Waals surface area contributed by atoms with Gasteiger partial charge in [0.1, 0.15) is 0 Å². The molecular formula is C29H29NO3S. The van der Waals surface area contributed by atoms with E-state index in [4.69, 9.17) is 0 Å². The highest BCUT2D eigenvalue weighted by atomic mass is 32.2. The molecule has 5 heteroatoms. The number of para-hydroxylation sites is 1. The normalized spacial score (nSPS) is 12.9. The second kappa shape index (κ2) is 10.2. The van der Waals surface area contributed by atoms with Crippen LogP contribution in [0.1, 0.15) is 60.5 Å². The molecule has 0 aliphatic heterocycles. The third-order valence-electron chi connectivity index (χ3n) is 6.18. The summed E-state index contributed by atoms with van der Waals surface area (Å²) in [5.41, 5.74) is 2.99. The van der Waals surface area contributed by atoms with Gasteiger partial charge in [-0.05, 0) is 48.3 Å². The van der Waals surface area contributed by atoms with Gasteiger partial charge in [-0.1, -0.05) is 87.4 Å². The molecule has 0 saturated heterocycles. The second-order valence-corrected chi connectivity index (χ2v) is 10.4. The van der Waals surface area contributed by atoms with E-state index in [1.54, 1.807) is 42.6 Å². The summed E-state index contributed by atoms with van der Waals surface area (Å²) in [6.45, 7) is 4.35. The van der Waals surface area contributed by atoms with Crippen molar-refractivity contribution in [3.63, 3.8) is 0 Å². The van der Waals surface area contributed by atoms with E-state index in [1.165, 1.54) is 10.0 Å². The Bertz CT molecular complexity index is 1420. The Morgan fingerprint density at radius 2 is 1.62 bits per heavy atom. The van der Waals surface area contributed by atoms with Gasteiger partial charge in [0, 0.05) is 22.7 Å². The number of carbonyl (C=O) groups excluding carboxylic acids is 1. The predicted octanol–water partition coefficient (Wildman–Crippen LogP) is 7.07. The number of unbranched alkanes of at least 4 members (excludes halogenated alkanes) is 1. The SMILES string of the molecule is CCCCC(C)c1ccc(S(=O)(=O)n2cc(/C=C/C(=O)c3ccccc3)c3ccccc32)cc1. The lowest BCUT2D eigenvalue weighted by atomic mass is 9.96. The molecule has 0 saturated carbocycles. The fraction of sp³-hybridized carbons (Fsp3) is 0.207. The van der Waals surface area contributed by atoms with E-state index in [1.807, 2.05) is 48.5 Å². The van der Waals surface area contributed by atoms with Crippen molar-refractivity contribution in [2.24, 2.45) is 0 Å². The highest BCUT2D eigenvalue weighted by molar-refractivity contribution is 7.90. The van der Waals surface area contributed by atoms with Crippen LogP contribution in [0.2, 0.25) is 0 Å². The van der Waals surface area contributed by atoms with Gasteiger partial charge in [-0.25, -0.2) is 12.4 Å². The molecule has 4 aromatic rings. The Hall–Kier alpha value is -3.44. The molecule has 0 aliphatic rings. The van der Waals surface area contributed by atoms with Crippen LogP contribution in [0, 0.1) is 0 Å². The van der Waals surface area contributed by atoms with Crippen molar-refractivity contribution >= 4 is 32.8 Å². The van der Waals surface area contributed by atoms with E-state index >= 15 is 0 Å². The minimum absolute atomic E-state index is 0.131. The third-order valence-corrected chi connectivity index (χ3v) is 7.87. The van der Waals surface area contributed by atoms with Gasteiger partial charge in [-0.15, -0.1) is 0 Å². The Morgan fingerprint density at radius 1 is 0.941 bits per heavy atom. The van der Waals surface area contributed by atoms with Gasteiger partial charge in [0.2, 0.25) is 0 Å². The Balaban J connectivity index is 1.68. The van der Waals surface area contributed by atoms with E-state index in [0.717, 1.165) is 30.2 Å². The molecule has 4 rings (SSSR count). The minimum Gasteiger partial charge on any atom is -0.289 e. The van der Waals surface area contributed by atoms with Crippen LogP contribution in [-0.2, 0) is 10.0 Å². The first kappa shape index (κ1) is 23.7. The predicted molar refractivity (Wildman–Crippen MR) is 139 cm³/mol. The fourth-order valence-electron chi connectivity index (χ4n) is 4.13. The molecule has 0 aliphatic carbocycles. The zero-order valence-corrected chi connectivity index (χ0v) is 20.3. The van der Waals surface area contributed by atoms with Crippen molar-refractivity contribution in [1.82, 2.24) is 3.97 Å². The van der Waals surface area contributed by atoms with Crippen molar-refractivity contribution in [1.29, 1.82) is 0 Å². The molecule has 1 heterocycles. The minimum atomic E-state index is -3.80. The first-order chi connectivity index (χ1) is 16.4. The molecule has 1 unspecified atom stereocenters. The van der Waals surface area contributed by atoms with Crippen LogP contribution in [0.5, 0.6) is 0 Å². The third kappa shape index (κ3) is 4.90. The maximum atomic E-state index is 13.5. The summed E-state index contributed by atoms with van der Waals surface area (Å²) < 4.78 is 28.4. The number of aromatic nitrogens is 1. The van der Waals surface area contributed by atoms with Gasteiger partial charge >= 0.3 is 0 Å². The number of ketones is 1. The van der Waals surface area contributed by atoms with E-state index in [-0.39, 0.29) is 10.7 Å². The molecule has 0 spiro atoms. The van der Waals surface area contributed by atoms with E-state index in [0.29, 0.717) is 22.6 Å². The van der Waals surface area contributed by atoms with Crippen LogP contribution in [-0.4, -0.2) is 18.2 Å². The van der Waals surface area contributed by atoms with Gasteiger partial charge < -0.3 is 0 Å². The number of carbonyl (C=O) groups is 1. The van der Waals surface area contributed by atoms with Crippen molar-refractivity contribution in [2.45, 2.75) is 43.9 Å². The average Bonchev–Trinajstić information content (AvgIpc) is 3.26. The lowest BCUT2D eigenvalue weighted by Crippen LogP contribution is -2.12. The van der Waals surface area contributed by atoms with Crippen LogP contribution in [0.4, 0.5) is 0 Å². The number of rotatable bonds is 9. The molecule has 174 valence electrons. The molecule has 3 aromatic carbocycles. The summed E-state index contributed by atoms with van der Waals surface area (Å²) in [4.78, 5) is 12.8. The lowest BCUT2D eigenvalue weighted by molar-refractivity contribution is 0.104. The largest absolute Gasteiger partial charge is 0.289 e. The topological polar surface area (TPSA) is 56.1 Å². The summed E-state index contributed by atoms with van der Waals surface area (Å²) in [5, 5.41) is 0.771. The maximum Gasteiger partial charge on any atom is 0.268 e. The summed E-state index contributed by atoms with van der Waals surface area (Å²) in [6, 6.07) is 23.5. The van der Waals surface area contributed by atoms with Gasteiger partial charge in [0.05, 0.1) is 10.4 Å². The zero-order chi connectivity index (χ0) is 24.1. The molecule has 0 bridgehead atoms. The molecule has 0 N–H and O–H groups in total. The fourth-order valence-corrected chi connectivity index (χ4v) is 5.51. The Kier molecular flexibility index (Phi) is 7.13. The van der Waals surface area contributed by atoms with Crippen LogP contribution in [0.3, 0.4) is 0 Å². The first-order valence-corrected chi connectivity index (χ1v) is 13.1. The lowest BCUT2D eigenvalue weighted by Gasteiger charge is -2.13. The Morgan fingerprint density at radius 3 is 2.32 bits per heavy atom. The average molecular weight is 472 g/mol. The smallest absolute Gasteiger partial charge is 0.268 e. The number of benzene rings is 3. The quantitative estimate of drug-likeness (QED) is 0.194. The molecular weight excluding hydrogens is 442 g/mol. The number of fused-ring (bicyclic) bond motifs is 1. The second-order valence-electron chi connectivity index (χ2n) is 8.58. The van der Waals surface area contributed by atoms with Crippen molar-refractivity contribution < 1.29 is 13.2 Å². The summed E-state index contributed by atoms with van der Waals surface area (Å²) in [5.74, 6) is 0.260. The van der Waals surface area contributed by atoms with Crippen LogP contribution in [0.15, 0.2) is 96.0 Å². The molecule has 0 amide bonds. The molecule has 0 fully saturated rings. The molecule has 1 atom stereocenters. The standard InChI is InChI=1S/C29H29NO3S/c1-3-4-10-22(2)23-15-18-26(19-16-23)34(32,33)30-21-25(27-13-8-9-14-28(27)30)17-20-29(31)24-11-6-5-7-12-24/h5-9,11-22H,3-4,10H2,1-2H3/b20-17+. The summed E-state index contributed by atoms with van der Waals surface area (Å²) in [7, 11) is -3.80. The highest BCUT2D eigenvalue weighted by Crippen LogP contribution is 2.28. The molecule has 4 nitrogen and oxygen atoms in total. The molecule has 0 radical (unpaired) electrons. The number of nitrogens with zero attached hydrogens (tertiary/aromatic N) is 1. The van der Waals surface area contributed by atoms with Gasteiger partial charge in [-0.2, -0.15) is 0 Å². The van der Waals surface area contributed by atoms with Crippen LogP contribution < -0.4 is 0 Å². The van der Waals surface area contributed by atoms with Crippen LogP contribution >= 0.6 is 0 Å². The van der Waals surface area contributed by atoms with Crippen molar-refractivity contribution in [3.05, 3.63) is 108 Å².